The molecule has 0 unspecified atom stereocenters. The van der Waals surface area contributed by atoms with Gasteiger partial charge >= 0.3 is 0 Å². The molecule has 0 atom stereocenters. The van der Waals surface area contributed by atoms with E-state index in [1.165, 1.54) is 48.9 Å². The lowest BCUT2D eigenvalue weighted by Gasteiger charge is -2.08. The molecule has 3 rings (SSSR count). The van der Waals surface area contributed by atoms with Gasteiger partial charge in [0.05, 0.1) is 0 Å². The Hall–Kier alpha value is -2.76. The molecule has 0 aromatic carbocycles. The summed E-state index contributed by atoms with van der Waals surface area (Å²) in [5, 5.41) is 0. The lowest BCUT2D eigenvalue weighted by atomic mass is 10.0. The third-order valence-electron chi connectivity index (χ3n) is 3.53. The zero-order chi connectivity index (χ0) is 17.9. The molecule has 0 aliphatic heterocycles. The van der Waals surface area contributed by atoms with Crippen LogP contribution in [-0.2, 0) is 0 Å². The van der Waals surface area contributed by atoms with Crippen LogP contribution in [0, 0.1) is 5.82 Å². The van der Waals surface area contributed by atoms with Crippen molar-refractivity contribution in [2.75, 3.05) is 5.73 Å². The molecule has 2 aromatic rings. The third kappa shape index (κ3) is 3.59. The number of pyridine rings is 1. The maximum atomic E-state index is 14.1. The maximum Gasteiger partial charge on any atom is 0.176 e. The van der Waals surface area contributed by atoms with Crippen molar-refractivity contribution < 1.29 is 13.6 Å². The van der Waals surface area contributed by atoms with E-state index in [-0.39, 0.29) is 22.7 Å². The number of fused-ring (bicyclic) bond motifs is 1. The van der Waals surface area contributed by atoms with E-state index in [0.29, 0.717) is 17.4 Å². The van der Waals surface area contributed by atoms with E-state index in [2.05, 4.69) is 18.1 Å². The number of imidazole rings is 1. The van der Waals surface area contributed by atoms with Gasteiger partial charge < -0.3 is 5.73 Å². The van der Waals surface area contributed by atoms with E-state index in [0.717, 1.165) is 0 Å². The van der Waals surface area contributed by atoms with Crippen LogP contribution < -0.4 is 5.73 Å². The third-order valence-corrected chi connectivity index (χ3v) is 3.53. The number of anilines is 1. The van der Waals surface area contributed by atoms with Crippen LogP contribution in [0.15, 0.2) is 42.9 Å². The van der Waals surface area contributed by atoms with Crippen LogP contribution in [0.25, 0.3) is 11.2 Å². The van der Waals surface area contributed by atoms with Gasteiger partial charge in [0.25, 0.3) is 0 Å². The van der Waals surface area contributed by atoms with Crippen LogP contribution in [0.4, 0.5) is 14.6 Å². The summed E-state index contributed by atoms with van der Waals surface area (Å²) in [4.78, 5) is 14.8. The van der Waals surface area contributed by atoms with Crippen LogP contribution in [-0.4, -0.2) is 15.7 Å². The first kappa shape index (κ1) is 17.6. The van der Waals surface area contributed by atoms with Crippen molar-refractivity contribution in [1.29, 1.82) is 0 Å². The summed E-state index contributed by atoms with van der Waals surface area (Å²) < 4.78 is 28.6. The molecular weight excluding hydrogens is 312 g/mol. The minimum absolute atomic E-state index is 0.0332. The molecule has 1 aliphatic rings. The van der Waals surface area contributed by atoms with Gasteiger partial charge in [-0.25, -0.2) is 13.8 Å². The Labute approximate surface area is 139 Å². The highest BCUT2D eigenvalue weighted by atomic mass is 19.1. The number of aromatic nitrogens is 2. The Balaban J connectivity index is 0.000000623. The molecule has 6 heteroatoms. The van der Waals surface area contributed by atoms with Gasteiger partial charge in [0.2, 0.25) is 0 Å². The first-order valence-corrected chi connectivity index (χ1v) is 7.51. The van der Waals surface area contributed by atoms with E-state index in [9.17, 15) is 13.6 Å². The zero-order valence-corrected chi connectivity index (χ0v) is 13.5. The quantitative estimate of drug-likeness (QED) is 0.664. The number of hydrogen-bond acceptors (Lipinski definition) is 3. The van der Waals surface area contributed by atoms with Gasteiger partial charge in [0.15, 0.2) is 23.6 Å². The van der Waals surface area contributed by atoms with E-state index >= 15 is 0 Å². The second kappa shape index (κ2) is 7.21. The molecule has 0 radical (unpaired) electrons. The van der Waals surface area contributed by atoms with E-state index < -0.39 is 11.6 Å². The molecule has 2 heterocycles. The summed E-state index contributed by atoms with van der Waals surface area (Å²) in [5.74, 6) is -1.40. The molecule has 1 fully saturated rings. The summed E-state index contributed by atoms with van der Waals surface area (Å²) >= 11 is 0. The van der Waals surface area contributed by atoms with Crippen molar-refractivity contribution in [3.63, 3.8) is 0 Å². The lowest BCUT2D eigenvalue weighted by Crippen LogP contribution is -1.99. The van der Waals surface area contributed by atoms with E-state index in [1.54, 1.807) is 0 Å². The number of carbonyl (C=O) groups is 1. The monoisotopic (exact) mass is 331 g/mol. The molecule has 0 spiro atoms. The molecule has 0 bridgehead atoms. The zero-order valence-electron chi connectivity index (χ0n) is 13.5. The molecule has 4 nitrogen and oxygen atoms in total. The summed E-state index contributed by atoms with van der Waals surface area (Å²) in [6.45, 7) is 8.31. The van der Waals surface area contributed by atoms with Gasteiger partial charge in [-0.1, -0.05) is 38.5 Å². The number of aldehydes is 1. The van der Waals surface area contributed by atoms with Crippen LogP contribution in [0.5, 0.6) is 0 Å². The van der Waals surface area contributed by atoms with Crippen LogP contribution >= 0.6 is 0 Å². The summed E-state index contributed by atoms with van der Waals surface area (Å²) in [6, 6.07) is 1.18. The van der Waals surface area contributed by atoms with Crippen molar-refractivity contribution in [2.45, 2.75) is 26.2 Å². The number of hydrogen-bond donors (Lipinski definition) is 1. The first-order valence-electron chi connectivity index (χ1n) is 7.51. The minimum Gasteiger partial charge on any atom is -0.382 e. The molecule has 1 saturated carbocycles. The summed E-state index contributed by atoms with van der Waals surface area (Å²) in [6.07, 6.45) is 7.83. The molecule has 2 aromatic heterocycles. The Morgan fingerprint density at radius 3 is 2.50 bits per heavy atom. The fourth-order valence-corrected chi connectivity index (χ4v) is 2.04. The van der Waals surface area contributed by atoms with Gasteiger partial charge in [-0.15, -0.1) is 0 Å². The normalized spacial score (nSPS) is 13.6. The van der Waals surface area contributed by atoms with E-state index in [4.69, 9.17) is 5.73 Å². The number of nitrogens with two attached hydrogens (primary N) is 1. The number of allylic oxidation sites excluding steroid dienone is 4. The minimum atomic E-state index is -0.677. The highest BCUT2D eigenvalue weighted by Crippen LogP contribution is 2.27. The van der Waals surface area contributed by atoms with Gasteiger partial charge in [0.1, 0.15) is 11.5 Å². The molecule has 0 saturated heterocycles. The van der Waals surface area contributed by atoms with Crippen LogP contribution in [0.2, 0.25) is 0 Å². The number of halogens is 2. The Morgan fingerprint density at radius 2 is 2.04 bits per heavy atom. The Morgan fingerprint density at radius 1 is 1.42 bits per heavy atom. The SMILES string of the molecule is C1CC1.C=C/C(=C(/C)C(=C)F)c1cc(F)c2nc(N)c(C=O)n2c1. The first-order chi connectivity index (χ1) is 11.4. The second-order valence-corrected chi connectivity index (χ2v) is 5.48. The van der Waals surface area contributed by atoms with Crippen molar-refractivity contribution >= 4 is 23.3 Å². The fraction of sp³-hybridized carbons (Fsp3) is 0.222. The van der Waals surface area contributed by atoms with Gasteiger partial charge in [-0.3, -0.25) is 9.20 Å². The van der Waals surface area contributed by atoms with Gasteiger partial charge in [0, 0.05) is 11.8 Å². The number of nitrogen functional groups attached to an aromatic ring is 1. The van der Waals surface area contributed by atoms with Crippen LogP contribution in [0.3, 0.4) is 0 Å². The van der Waals surface area contributed by atoms with E-state index in [1.807, 2.05) is 0 Å². The molecule has 24 heavy (non-hydrogen) atoms. The number of carbonyl (C=O) groups excluding carboxylic acids is 1. The highest BCUT2D eigenvalue weighted by Gasteiger charge is 2.15. The number of nitrogens with zero attached hydrogens (tertiary/aromatic N) is 2. The number of rotatable bonds is 4. The molecular formula is C18H19F2N3O. The average molecular weight is 331 g/mol. The lowest BCUT2D eigenvalue weighted by molar-refractivity contribution is 0.111. The fourth-order valence-electron chi connectivity index (χ4n) is 2.04. The average Bonchev–Trinajstić information content (AvgIpc) is 3.37. The van der Waals surface area contributed by atoms with Crippen molar-refractivity contribution in [2.24, 2.45) is 0 Å². The smallest absolute Gasteiger partial charge is 0.176 e. The second-order valence-electron chi connectivity index (χ2n) is 5.48. The molecule has 1 aliphatic carbocycles. The highest BCUT2D eigenvalue weighted by molar-refractivity contribution is 5.83. The van der Waals surface area contributed by atoms with Gasteiger partial charge in [-0.05, 0) is 24.1 Å². The van der Waals surface area contributed by atoms with Crippen LogP contribution in [0.1, 0.15) is 42.2 Å². The molecule has 126 valence electrons. The topological polar surface area (TPSA) is 60.4 Å². The summed E-state index contributed by atoms with van der Waals surface area (Å²) in [7, 11) is 0. The predicted molar refractivity (Wildman–Crippen MR) is 91.8 cm³/mol. The largest absolute Gasteiger partial charge is 0.382 e. The molecule has 2 N–H and O–H groups in total. The van der Waals surface area contributed by atoms with Crippen molar-refractivity contribution in [3.8, 4) is 0 Å². The predicted octanol–water partition coefficient (Wildman–Crippen LogP) is 4.48. The standard InChI is InChI=1S/C15H13F2N3O.C3H6/c1-4-11(8(2)9(3)16)10-5-12(17)15-19-14(18)13(7-21)20(15)6-10;1-2-3-1/h4-7H,1,3,18H2,2H3;1-3H2/b11-8+;. The van der Waals surface area contributed by atoms with Gasteiger partial charge in [-0.2, -0.15) is 0 Å². The van der Waals surface area contributed by atoms with Crippen molar-refractivity contribution in [1.82, 2.24) is 9.38 Å². The summed E-state index contributed by atoms with van der Waals surface area (Å²) in [5.41, 5.74) is 6.46. The molecule has 0 amide bonds. The van der Waals surface area contributed by atoms with Crippen molar-refractivity contribution in [3.05, 3.63) is 60.0 Å². The Kier molecular flexibility index (Phi) is 5.28. The maximum absolute atomic E-state index is 14.1. The Bertz CT molecular complexity index is 845.